The summed E-state index contributed by atoms with van der Waals surface area (Å²) >= 11 is 0. The second kappa shape index (κ2) is 7.34. The first kappa shape index (κ1) is 19.5. The summed E-state index contributed by atoms with van der Waals surface area (Å²) in [6.07, 6.45) is -3.81. The number of halogens is 3. The molecule has 1 rings (SSSR count). The van der Waals surface area contributed by atoms with E-state index in [2.05, 4.69) is 5.32 Å². The lowest BCUT2D eigenvalue weighted by atomic mass is 9.83. The van der Waals surface area contributed by atoms with E-state index in [9.17, 15) is 18.0 Å². The van der Waals surface area contributed by atoms with Crippen molar-refractivity contribution in [2.24, 2.45) is 11.7 Å². The van der Waals surface area contributed by atoms with Gasteiger partial charge in [-0.2, -0.15) is 13.2 Å². The number of rotatable bonds is 6. The summed E-state index contributed by atoms with van der Waals surface area (Å²) in [6, 6.07) is 4.57. The number of hydrogen-bond donors (Lipinski definition) is 2. The Morgan fingerprint density at radius 2 is 1.78 bits per heavy atom. The van der Waals surface area contributed by atoms with E-state index >= 15 is 0 Å². The van der Waals surface area contributed by atoms with Crippen LogP contribution in [0.3, 0.4) is 0 Å². The molecule has 0 aliphatic heterocycles. The number of nitrogens with two attached hydrogens (primary N) is 1. The van der Waals surface area contributed by atoms with Crippen LogP contribution in [0, 0.1) is 5.92 Å². The van der Waals surface area contributed by atoms with Crippen LogP contribution >= 0.6 is 0 Å². The van der Waals surface area contributed by atoms with Crippen molar-refractivity contribution in [3.63, 3.8) is 0 Å². The second-order valence-electron chi connectivity index (χ2n) is 6.92. The van der Waals surface area contributed by atoms with Crippen molar-refractivity contribution in [3.05, 3.63) is 35.4 Å². The van der Waals surface area contributed by atoms with Crippen LogP contribution in [0.4, 0.5) is 13.2 Å². The molecule has 3 N–H and O–H groups in total. The van der Waals surface area contributed by atoms with E-state index in [0.29, 0.717) is 17.9 Å². The first-order valence-corrected chi connectivity index (χ1v) is 7.64. The van der Waals surface area contributed by atoms with Gasteiger partial charge in [-0.05, 0) is 24.0 Å². The minimum atomic E-state index is -4.38. The van der Waals surface area contributed by atoms with Gasteiger partial charge in [-0.1, -0.05) is 45.9 Å². The topological polar surface area (TPSA) is 55.1 Å². The molecule has 0 fully saturated rings. The van der Waals surface area contributed by atoms with Gasteiger partial charge < -0.3 is 11.1 Å². The molecule has 23 heavy (non-hydrogen) atoms. The SMILES string of the molecule is CC(C)C[C@H](N)C(=O)NCC(C)(C)c1cccc(C(F)(F)F)c1. The van der Waals surface area contributed by atoms with Gasteiger partial charge in [0, 0.05) is 12.0 Å². The van der Waals surface area contributed by atoms with Crippen LogP contribution in [0.15, 0.2) is 24.3 Å². The van der Waals surface area contributed by atoms with E-state index in [4.69, 9.17) is 5.73 Å². The highest BCUT2D eigenvalue weighted by Crippen LogP contribution is 2.32. The number of carbonyl (C=O) groups is 1. The number of alkyl halides is 3. The van der Waals surface area contributed by atoms with Gasteiger partial charge in [-0.3, -0.25) is 4.79 Å². The molecule has 1 amide bonds. The maximum absolute atomic E-state index is 12.8. The highest BCUT2D eigenvalue weighted by molar-refractivity contribution is 5.81. The predicted molar refractivity (Wildman–Crippen MR) is 84.9 cm³/mol. The van der Waals surface area contributed by atoms with Crippen molar-refractivity contribution in [2.45, 2.75) is 51.7 Å². The van der Waals surface area contributed by atoms with E-state index in [1.165, 1.54) is 6.07 Å². The summed E-state index contributed by atoms with van der Waals surface area (Å²) < 4.78 is 38.4. The first-order chi connectivity index (χ1) is 10.4. The third-order valence-corrected chi connectivity index (χ3v) is 3.74. The molecular weight excluding hydrogens is 305 g/mol. The Morgan fingerprint density at radius 3 is 2.30 bits per heavy atom. The van der Waals surface area contributed by atoms with Gasteiger partial charge in [-0.15, -0.1) is 0 Å². The zero-order chi connectivity index (χ0) is 17.8. The lowest BCUT2D eigenvalue weighted by molar-refractivity contribution is -0.137. The molecule has 3 nitrogen and oxygen atoms in total. The van der Waals surface area contributed by atoms with E-state index < -0.39 is 23.2 Å². The van der Waals surface area contributed by atoms with Gasteiger partial charge >= 0.3 is 6.18 Å². The number of nitrogens with one attached hydrogen (secondary N) is 1. The molecule has 1 aromatic carbocycles. The van der Waals surface area contributed by atoms with Gasteiger partial charge in [0.1, 0.15) is 0 Å². The largest absolute Gasteiger partial charge is 0.416 e. The standard InChI is InChI=1S/C17H25F3N2O/c1-11(2)8-14(21)15(23)22-10-16(3,4)12-6-5-7-13(9-12)17(18,19)20/h5-7,9,11,14H,8,10,21H2,1-4H3,(H,22,23)/t14-/m0/s1. The zero-order valence-electron chi connectivity index (χ0n) is 14.0. The Bertz CT molecular complexity index is 539. The summed E-state index contributed by atoms with van der Waals surface area (Å²) in [5.41, 5.74) is 5.01. The Morgan fingerprint density at radius 1 is 1.22 bits per heavy atom. The molecule has 0 aromatic heterocycles. The molecule has 0 aliphatic carbocycles. The Kier molecular flexibility index (Phi) is 6.22. The van der Waals surface area contributed by atoms with Crippen LogP contribution in [-0.4, -0.2) is 18.5 Å². The van der Waals surface area contributed by atoms with Crippen LogP contribution in [0.1, 0.15) is 45.2 Å². The monoisotopic (exact) mass is 330 g/mol. The second-order valence-corrected chi connectivity index (χ2v) is 6.92. The third kappa shape index (κ3) is 5.86. The van der Waals surface area contributed by atoms with E-state index in [1.807, 2.05) is 13.8 Å². The van der Waals surface area contributed by atoms with E-state index in [0.717, 1.165) is 12.1 Å². The maximum Gasteiger partial charge on any atom is 0.416 e. The van der Waals surface area contributed by atoms with Crippen molar-refractivity contribution < 1.29 is 18.0 Å². The van der Waals surface area contributed by atoms with E-state index in [-0.39, 0.29) is 12.5 Å². The smallest absolute Gasteiger partial charge is 0.354 e. The first-order valence-electron chi connectivity index (χ1n) is 7.64. The molecule has 6 heteroatoms. The highest BCUT2D eigenvalue weighted by Gasteiger charge is 2.32. The molecular formula is C17H25F3N2O. The fourth-order valence-electron chi connectivity index (χ4n) is 2.27. The molecule has 0 unspecified atom stereocenters. The van der Waals surface area contributed by atoms with Gasteiger partial charge in [0.2, 0.25) is 5.91 Å². The molecule has 0 saturated carbocycles. The van der Waals surface area contributed by atoms with Gasteiger partial charge in [0.15, 0.2) is 0 Å². The van der Waals surface area contributed by atoms with Gasteiger partial charge in [0.25, 0.3) is 0 Å². The van der Waals surface area contributed by atoms with Gasteiger partial charge in [-0.25, -0.2) is 0 Å². The average Bonchev–Trinajstić information content (AvgIpc) is 2.43. The highest BCUT2D eigenvalue weighted by atomic mass is 19.4. The third-order valence-electron chi connectivity index (χ3n) is 3.74. The van der Waals surface area contributed by atoms with Crippen LogP contribution in [0.25, 0.3) is 0 Å². The molecule has 0 heterocycles. The summed E-state index contributed by atoms with van der Waals surface area (Å²) in [5, 5.41) is 2.74. The molecule has 1 atom stereocenters. The summed E-state index contributed by atoms with van der Waals surface area (Å²) in [5.74, 6) is 0.0194. The fraction of sp³-hybridized carbons (Fsp3) is 0.588. The minimum absolute atomic E-state index is 0.221. The van der Waals surface area contributed by atoms with Crippen molar-refractivity contribution in [1.29, 1.82) is 0 Å². The average molecular weight is 330 g/mol. The molecule has 1 aromatic rings. The summed E-state index contributed by atoms with van der Waals surface area (Å²) in [6.45, 7) is 7.74. The lowest BCUT2D eigenvalue weighted by Gasteiger charge is -2.27. The summed E-state index contributed by atoms with van der Waals surface area (Å²) in [7, 11) is 0. The molecule has 0 bridgehead atoms. The quantitative estimate of drug-likeness (QED) is 0.839. The number of benzene rings is 1. The van der Waals surface area contributed by atoms with Crippen LogP contribution in [0.5, 0.6) is 0 Å². The van der Waals surface area contributed by atoms with Crippen molar-refractivity contribution in [1.82, 2.24) is 5.32 Å². The Balaban J connectivity index is 2.78. The number of hydrogen-bond acceptors (Lipinski definition) is 2. The molecule has 0 radical (unpaired) electrons. The number of amides is 1. The molecule has 130 valence electrons. The maximum atomic E-state index is 12.8. The molecule has 0 spiro atoms. The zero-order valence-corrected chi connectivity index (χ0v) is 14.0. The number of carbonyl (C=O) groups excluding carboxylic acids is 1. The van der Waals surface area contributed by atoms with Crippen LogP contribution in [-0.2, 0) is 16.4 Å². The van der Waals surface area contributed by atoms with Crippen LogP contribution < -0.4 is 11.1 Å². The van der Waals surface area contributed by atoms with Crippen molar-refractivity contribution >= 4 is 5.91 Å². The van der Waals surface area contributed by atoms with Crippen molar-refractivity contribution in [2.75, 3.05) is 6.54 Å². The molecule has 0 saturated heterocycles. The lowest BCUT2D eigenvalue weighted by Crippen LogP contribution is -2.45. The Labute approximate surface area is 135 Å². The van der Waals surface area contributed by atoms with E-state index in [1.54, 1.807) is 19.9 Å². The normalized spacial score (nSPS) is 14.0. The minimum Gasteiger partial charge on any atom is -0.354 e. The Hall–Kier alpha value is -1.56. The van der Waals surface area contributed by atoms with Gasteiger partial charge in [0.05, 0.1) is 11.6 Å². The molecule has 0 aliphatic rings. The predicted octanol–water partition coefficient (Wildman–Crippen LogP) is 3.47. The van der Waals surface area contributed by atoms with Crippen LogP contribution in [0.2, 0.25) is 0 Å². The van der Waals surface area contributed by atoms with Crippen molar-refractivity contribution in [3.8, 4) is 0 Å². The summed E-state index contributed by atoms with van der Waals surface area (Å²) in [4.78, 5) is 12.0. The fourth-order valence-corrected chi connectivity index (χ4v) is 2.27.